The molecule has 0 aromatic heterocycles. The summed E-state index contributed by atoms with van der Waals surface area (Å²) in [6.45, 7) is 0. The minimum Gasteiger partial charge on any atom is -0.459 e. The first-order valence-corrected chi connectivity index (χ1v) is 6.49. The second kappa shape index (κ2) is 3.87. The van der Waals surface area contributed by atoms with Crippen LogP contribution in [0.1, 0.15) is 38.5 Å². The molecule has 4 aliphatic carbocycles. The van der Waals surface area contributed by atoms with Gasteiger partial charge in [-0.2, -0.15) is 13.2 Å². The molecule has 0 unspecified atom stereocenters. The largest absolute Gasteiger partial charge is 0.459 e. The maximum absolute atomic E-state index is 12.1. The van der Waals surface area contributed by atoms with Crippen LogP contribution in [-0.2, 0) is 9.53 Å². The zero-order valence-corrected chi connectivity index (χ0v) is 10.0. The van der Waals surface area contributed by atoms with Gasteiger partial charge in [0, 0.05) is 0 Å². The standard InChI is InChI=1S/C13H16F3O2/c14-13(15,16)7-11(17)18-12-4-8-1-9(5-12)3-10(2-8)6-12/h7-10H,1-6H2. The molecule has 0 aliphatic heterocycles. The van der Waals surface area contributed by atoms with Crippen LogP contribution in [0.3, 0.4) is 0 Å². The Labute approximate surface area is 104 Å². The third-order valence-corrected chi connectivity index (χ3v) is 4.58. The average Bonchev–Trinajstić information content (AvgIpc) is 2.09. The molecule has 18 heavy (non-hydrogen) atoms. The molecule has 4 fully saturated rings. The number of esters is 1. The van der Waals surface area contributed by atoms with E-state index >= 15 is 0 Å². The van der Waals surface area contributed by atoms with Gasteiger partial charge in [-0.25, -0.2) is 0 Å². The van der Waals surface area contributed by atoms with E-state index in [1.807, 2.05) is 0 Å². The summed E-state index contributed by atoms with van der Waals surface area (Å²) in [6, 6.07) is 0. The molecule has 2 nitrogen and oxygen atoms in total. The van der Waals surface area contributed by atoms with E-state index < -0.39 is 17.7 Å². The van der Waals surface area contributed by atoms with E-state index in [2.05, 4.69) is 0 Å². The average molecular weight is 261 g/mol. The maximum Gasteiger partial charge on any atom is 0.403 e. The molecule has 0 aromatic rings. The summed E-state index contributed by atoms with van der Waals surface area (Å²) in [4.78, 5) is 11.3. The van der Waals surface area contributed by atoms with Crippen molar-refractivity contribution >= 4 is 5.97 Å². The van der Waals surface area contributed by atoms with Crippen molar-refractivity contribution in [1.29, 1.82) is 0 Å². The van der Waals surface area contributed by atoms with Crippen molar-refractivity contribution in [3.63, 3.8) is 0 Å². The molecule has 0 saturated heterocycles. The quantitative estimate of drug-likeness (QED) is 0.713. The first-order valence-electron chi connectivity index (χ1n) is 6.49. The van der Waals surface area contributed by atoms with Crippen LogP contribution in [0, 0.1) is 24.2 Å². The zero-order chi connectivity index (χ0) is 13.0. The molecule has 0 spiro atoms. The van der Waals surface area contributed by atoms with Crippen molar-refractivity contribution in [1.82, 2.24) is 0 Å². The van der Waals surface area contributed by atoms with E-state index in [0.717, 1.165) is 19.3 Å². The number of rotatable bonds is 2. The van der Waals surface area contributed by atoms with E-state index in [0.29, 0.717) is 17.8 Å². The molecule has 0 heterocycles. The second-order valence-corrected chi connectivity index (χ2v) is 6.21. The monoisotopic (exact) mass is 261 g/mol. The van der Waals surface area contributed by atoms with Gasteiger partial charge in [0.05, 0.1) is 0 Å². The second-order valence-electron chi connectivity index (χ2n) is 6.21. The van der Waals surface area contributed by atoms with Crippen LogP contribution in [0.5, 0.6) is 0 Å². The number of halogens is 3. The van der Waals surface area contributed by atoms with Gasteiger partial charge in [-0.1, -0.05) is 0 Å². The lowest BCUT2D eigenvalue weighted by molar-refractivity contribution is -0.190. The van der Waals surface area contributed by atoms with Gasteiger partial charge in [0.2, 0.25) is 0 Å². The number of carbonyl (C=O) groups is 1. The highest BCUT2D eigenvalue weighted by Crippen LogP contribution is 2.57. The van der Waals surface area contributed by atoms with Crippen molar-refractivity contribution in [2.75, 3.05) is 0 Å². The summed E-state index contributed by atoms with van der Waals surface area (Å²) >= 11 is 0. The van der Waals surface area contributed by atoms with Gasteiger partial charge in [0.1, 0.15) is 5.60 Å². The van der Waals surface area contributed by atoms with Crippen molar-refractivity contribution in [2.45, 2.75) is 50.3 Å². The minimum atomic E-state index is -4.58. The number of hydrogen-bond donors (Lipinski definition) is 0. The molecule has 0 atom stereocenters. The third-order valence-electron chi connectivity index (χ3n) is 4.58. The lowest BCUT2D eigenvalue weighted by atomic mass is 9.54. The van der Waals surface area contributed by atoms with Crippen molar-refractivity contribution in [3.8, 4) is 0 Å². The fraction of sp³-hybridized carbons (Fsp3) is 0.846. The molecule has 5 heteroatoms. The lowest BCUT2D eigenvalue weighted by Gasteiger charge is -2.55. The van der Waals surface area contributed by atoms with Gasteiger partial charge in [-0.15, -0.1) is 0 Å². The van der Waals surface area contributed by atoms with Gasteiger partial charge in [0.25, 0.3) is 0 Å². The fourth-order valence-corrected chi connectivity index (χ4v) is 4.53. The van der Waals surface area contributed by atoms with E-state index in [9.17, 15) is 18.0 Å². The molecular weight excluding hydrogens is 245 g/mol. The Morgan fingerprint density at radius 2 is 1.50 bits per heavy atom. The highest BCUT2D eigenvalue weighted by atomic mass is 19.4. The third kappa shape index (κ3) is 2.36. The van der Waals surface area contributed by atoms with Crippen LogP contribution < -0.4 is 0 Å². The maximum atomic E-state index is 12.1. The Balaban J connectivity index is 1.67. The summed E-state index contributed by atoms with van der Waals surface area (Å²) in [5.41, 5.74) is -0.590. The van der Waals surface area contributed by atoms with Crippen LogP contribution in [0.4, 0.5) is 13.2 Å². The van der Waals surface area contributed by atoms with Gasteiger partial charge < -0.3 is 4.74 Å². The molecular formula is C13H16F3O2. The summed E-state index contributed by atoms with van der Waals surface area (Å²) in [5.74, 6) is 0.435. The molecule has 4 aliphatic rings. The number of ether oxygens (including phenoxy) is 1. The van der Waals surface area contributed by atoms with Crippen molar-refractivity contribution in [3.05, 3.63) is 6.42 Å². The molecule has 0 N–H and O–H groups in total. The smallest absolute Gasteiger partial charge is 0.403 e. The first kappa shape index (κ1) is 12.3. The number of carbonyl (C=O) groups excluding carboxylic acids is 1. The van der Waals surface area contributed by atoms with Gasteiger partial charge in [-0.3, -0.25) is 4.79 Å². The Bertz CT molecular complexity index is 326. The Morgan fingerprint density at radius 3 is 1.89 bits per heavy atom. The fourth-order valence-electron chi connectivity index (χ4n) is 4.53. The predicted octanol–water partition coefficient (Wildman–Crippen LogP) is 3.26. The van der Waals surface area contributed by atoms with Crippen LogP contribution in [0.2, 0.25) is 0 Å². The van der Waals surface area contributed by atoms with Gasteiger partial charge in [0.15, 0.2) is 6.42 Å². The van der Waals surface area contributed by atoms with Gasteiger partial charge >= 0.3 is 12.1 Å². The van der Waals surface area contributed by atoms with E-state index in [1.165, 1.54) is 19.3 Å². The molecule has 1 radical (unpaired) electrons. The molecule has 101 valence electrons. The summed E-state index contributed by atoms with van der Waals surface area (Å²) in [7, 11) is 0. The topological polar surface area (TPSA) is 26.3 Å². The van der Waals surface area contributed by atoms with Crippen LogP contribution in [0.15, 0.2) is 0 Å². The highest BCUT2D eigenvalue weighted by molar-refractivity contribution is 5.80. The minimum absolute atomic E-state index is 0.258. The molecule has 4 rings (SSSR count). The summed E-state index contributed by atoms with van der Waals surface area (Å²) in [5, 5.41) is 0. The van der Waals surface area contributed by atoms with Crippen molar-refractivity contribution < 1.29 is 22.7 Å². The van der Waals surface area contributed by atoms with Crippen LogP contribution >= 0.6 is 0 Å². The summed E-state index contributed by atoms with van der Waals surface area (Å²) in [6.07, 6.45) is 0.938. The Hall–Kier alpha value is -0.740. The molecule has 0 amide bonds. The van der Waals surface area contributed by atoms with Crippen LogP contribution in [0.25, 0.3) is 0 Å². The molecule has 4 bridgehead atoms. The Morgan fingerprint density at radius 1 is 1.06 bits per heavy atom. The number of alkyl halides is 3. The molecule has 0 aromatic carbocycles. The van der Waals surface area contributed by atoms with E-state index in [1.54, 1.807) is 0 Å². The SMILES string of the molecule is O=C([CH]C(F)(F)F)OC12CC3CC(CC(C3)C1)C2. The van der Waals surface area contributed by atoms with E-state index in [4.69, 9.17) is 4.74 Å². The number of hydrogen-bond acceptors (Lipinski definition) is 2. The lowest BCUT2D eigenvalue weighted by Crippen LogP contribution is -2.53. The van der Waals surface area contributed by atoms with Gasteiger partial charge in [-0.05, 0) is 56.3 Å². The Kier molecular flexibility index (Phi) is 2.65. The normalized spacial score (nSPS) is 42.1. The highest BCUT2D eigenvalue weighted by Gasteiger charge is 2.53. The first-order chi connectivity index (χ1) is 8.34. The van der Waals surface area contributed by atoms with Crippen molar-refractivity contribution in [2.24, 2.45) is 17.8 Å². The van der Waals surface area contributed by atoms with E-state index in [-0.39, 0.29) is 6.42 Å². The zero-order valence-electron chi connectivity index (χ0n) is 10.0. The molecule has 4 saturated carbocycles. The summed E-state index contributed by atoms with van der Waals surface area (Å²) < 4.78 is 41.5. The van der Waals surface area contributed by atoms with Crippen LogP contribution in [-0.4, -0.2) is 17.7 Å². The predicted molar refractivity (Wildman–Crippen MR) is 57.4 cm³/mol.